The summed E-state index contributed by atoms with van der Waals surface area (Å²) in [4.78, 5) is 11.6. The van der Waals surface area contributed by atoms with Crippen molar-refractivity contribution in [3.8, 4) is 0 Å². The molecule has 0 N–H and O–H groups in total. The number of Topliss-reactive ketones (excluding diaryl/α,β-unsaturated/α-hetero) is 1. The first-order valence-electron chi connectivity index (χ1n) is 7.10. The summed E-state index contributed by atoms with van der Waals surface area (Å²) in [6.45, 7) is 16.9. The Hall–Kier alpha value is -0.153. The molecule has 2 rings (SSSR count). The molecule has 0 aromatic heterocycles. The molecule has 2 fully saturated rings. The Labute approximate surface area is 113 Å². The average Bonchev–Trinajstić information content (AvgIpc) is 2.42. The second kappa shape index (κ2) is 3.69. The molecule has 0 saturated heterocycles. The maximum Gasteiger partial charge on any atom is 0.191 e. The van der Waals surface area contributed by atoms with Crippen LogP contribution in [0.15, 0.2) is 0 Å². The molecule has 0 spiro atoms. The van der Waals surface area contributed by atoms with Gasteiger partial charge >= 0.3 is 0 Å². The van der Waals surface area contributed by atoms with Crippen molar-refractivity contribution < 1.29 is 9.22 Å². The Kier molecular flexibility index (Phi) is 2.93. The monoisotopic (exact) mass is 268 g/mol. The van der Waals surface area contributed by atoms with Gasteiger partial charge in [0.05, 0.1) is 0 Å². The number of hydrogen-bond acceptors (Lipinski definition) is 2. The first-order valence-corrected chi connectivity index (χ1v) is 10.0. The van der Waals surface area contributed by atoms with Crippen molar-refractivity contribution in [3.63, 3.8) is 0 Å². The van der Waals surface area contributed by atoms with Crippen molar-refractivity contribution in [2.75, 3.05) is 6.61 Å². The van der Waals surface area contributed by atoms with Gasteiger partial charge in [0.2, 0.25) is 0 Å². The maximum atomic E-state index is 11.6. The highest BCUT2D eigenvalue weighted by Gasteiger charge is 2.74. The van der Waals surface area contributed by atoms with Gasteiger partial charge in [-0.2, -0.15) is 0 Å². The molecular weight excluding hydrogens is 240 g/mol. The van der Waals surface area contributed by atoms with Crippen molar-refractivity contribution in [2.24, 2.45) is 16.7 Å². The lowest BCUT2D eigenvalue weighted by Crippen LogP contribution is -2.41. The summed E-state index contributed by atoms with van der Waals surface area (Å²) in [7, 11) is -1.64. The van der Waals surface area contributed by atoms with Gasteiger partial charge in [-0.1, -0.05) is 34.6 Å². The van der Waals surface area contributed by atoms with Crippen LogP contribution in [0.25, 0.3) is 0 Å². The van der Waals surface area contributed by atoms with Gasteiger partial charge in [-0.3, -0.25) is 4.79 Å². The maximum absolute atomic E-state index is 11.6. The summed E-state index contributed by atoms with van der Waals surface area (Å²) in [6.07, 6.45) is 1.55. The fourth-order valence-electron chi connectivity index (χ4n) is 3.48. The molecule has 0 amide bonds. The van der Waals surface area contributed by atoms with Crippen LogP contribution in [-0.2, 0) is 9.22 Å². The van der Waals surface area contributed by atoms with E-state index in [1.54, 1.807) is 0 Å². The first kappa shape index (κ1) is 14.3. The van der Waals surface area contributed by atoms with Gasteiger partial charge in [-0.05, 0) is 34.9 Å². The van der Waals surface area contributed by atoms with Crippen LogP contribution in [0, 0.1) is 16.7 Å². The highest BCUT2D eigenvalue weighted by atomic mass is 28.4. The largest absolute Gasteiger partial charge is 0.417 e. The lowest BCUT2D eigenvalue weighted by atomic mass is 10.0. The molecule has 2 aliphatic rings. The zero-order valence-corrected chi connectivity index (χ0v) is 14.0. The van der Waals surface area contributed by atoms with E-state index in [1.165, 1.54) is 0 Å². The SMILES string of the molecule is CC(C)(C)[Si](C)(C)OCC1[C@]2(C)CC(=O)C[C@]12C. The summed E-state index contributed by atoms with van der Waals surface area (Å²) in [5.41, 5.74) is 0.457. The second-order valence-electron chi connectivity index (χ2n) is 8.35. The van der Waals surface area contributed by atoms with Gasteiger partial charge in [-0.15, -0.1) is 0 Å². The Morgan fingerprint density at radius 3 is 2.06 bits per heavy atom. The number of carbonyl (C=O) groups is 1. The molecule has 0 radical (unpaired) electrons. The fourth-order valence-corrected chi connectivity index (χ4v) is 4.50. The zero-order chi connectivity index (χ0) is 14.0. The van der Waals surface area contributed by atoms with Gasteiger partial charge in [0, 0.05) is 19.4 Å². The van der Waals surface area contributed by atoms with Gasteiger partial charge < -0.3 is 4.43 Å². The third kappa shape index (κ3) is 1.82. The van der Waals surface area contributed by atoms with Crippen LogP contribution in [0.4, 0.5) is 0 Å². The van der Waals surface area contributed by atoms with E-state index in [2.05, 4.69) is 47.7 Å². The number of rotatable bonds is 3. The third-order valence-corrected chi connectivity index (χ3v) is 10.8. The fraction of sp³-hybridized carbons (Fsp3) is 0.933. The van der Waals surface area contributed by atoms with Crippen LogP contribution in [0.3, 0.4) is 0 Å². The summed E-state index contributed by atoms with van der Waals surface area (Å²) >= 11 is 0. The molecule has 2 nitrogen and oxygen atoms in total. The summed E-state index contributed by atoms with van der Waals surface area (Å²) < 4.78 is 6.35. The van der Waals surface area contributed by atoms with Gasteiger partial charge in [-0.25, -0.2) is 0 Å². The molecule has 18 heavy (non-hydrogen) atoms. The average molecular weight is 268 g/mol. The van der Waals surface area contributed by atoms with Crippen molar-refractivity contribution in [2.45, 2.75) is 65.6 Å². The third-order valence-electron chi connectivity index (χ3n) is 6.31. The second-order valence-corrected chi connectivity index (χ2v) is 13.2. The molecule has 3 atom stereocenters. The molecular formula is C15H28O2Si. The minimum Gasteiger partial charge on any atom is -0.417 e. The summed E-state index contributed by atoms with van der Waals surface area (Å²) in [6, 6.07) is 0. The molecule has 0 aromatic carbocycles. The lowest BCUT2D eigenvalue weighted by Gasteiger charge is -2.36. The van der Waals surface area contributed by atoms with E-state index in [1.807, 2.05) is 0 Å². The molecule has 0 aromatic rings. The van der Waals surface area contributed by atoms with Crippen LogP contribution in [0.5, 0.6) is 0 Å². The highest BCUT2D eigenvalue weighted by Crippen LogP contribution is 2.76. The summed E-state index contributed by atoms with van der Waals surface area (Å²) in [5, 5.41) is 0.272. The molecule has 0 aliphatic heterocycles. The van der Waals surface area contributed by atoms with Gasteiger partial charge in [0.15, 0.2) is 8.32 Å². The topological polar surface area (TPSA) is 26.3 Å². The van der Waals surface area contributed by atoms with Crippen molar-refractivity contribution in [1.82, 2.24) is 0 Å². The molecule has 3 heteroatoms. The van der Waals surface area contributed by atoms with Crippen LogP contribution in [-0.4, -0.2) is 20.7 Å². The smallest absolute Gasteiger partial charge is 0.191 e. The molecule has 0 bridgehead atoms. The minimum atomic E-state index is -1.64. The van der Waals surface area contributed by atoms with Crippen LogP contribution < -0.4 is 0 Å². The predicted octanol–water partition coefficient (Wildman–Crippen LogP) is 4.01. The number of carbonyl (C=O) groups excluding carboxylic acids is 1. The Morgan fingerprint density at radius 2 is 1.67 bits per heavy atom. The van der Waals surface area contributed by atoms with Gasteiger partial charge in [0.1, 0.15) is 5.78 Å². The van der Waals surface area contributed by atoms with E-state index in [-0.39, 0.29) is 15.9 Å². The standard InChI is InChI=1S/C15H28O2Si/c1-13(2,3)18(6,7)17-10-12-14(4)8-11(16)9-15(12,14)5/h12H,8-10H2,1-7H3/t12?,14-,15+. The van der Waals surface area contributed by atoms with E-state index >= 15 is 0 Å². The van der Waals surface area contributed by atoms with E-state index in [0.29, 0.717) is 11.7 Å². The van der Waals surface area contributed by atoms with Crippen LogP contribution >= 0.6 is 0 Å². The van der Waals surface area contributed by atoms with Gasteiger partial charge in [0.25, 0.3) is 0 Å². The Morgan fingerprint density at radius 1 is 1.22 bits per heavy atom. The molecule has 0 heterocycles. The van der Waals surface area contributed by atoms with Crippen LogP contribution in [0.1, 0.15) is 47.5 Å². The normalized spacial score (nSPS) is 39.9. The predicted molar refractivity (Wildman–Crippen MR) is 77.1 cm³/mol. The molecule has 1 unspecified atom stereocenters. The zero-order valence-electron chi connectivity index (χ0n) is 13.0. The summed E-state index contributed by atoms with van der Waals surface area (Å²) in [5.74, 6) is 1.04. The number of fused-ring (bicyclic) bond motifs is 1. The lowest BCUT2D eigenvalue weighted by molar-refractivity contribution is -0.119. The highest BCUT2D eigenvalue weighted by molar-refractivity contribution is 6.74. The quantitative estimate of drug-likeness (QED) is 0.723. The minimum absolute atomic E-state index is 0.229. The first-order chi connectivity index (χ1) is 7.94. The van der Waals surface area contributed by atoms with E-state index in [0.717, 1.165) is 19.4 Å². The number of hydrogen-bond donors (Lipinski definition) is 0. The van der Waals surface area contributed by atoms with Crippen molar-refractivity contribution >= 4 is 14.1 Å². The molecule has 2 aliphatic carbocycles. The van der Waals surface area contributed by atoms with Crippen molar-refractivity contribution in [3.05, 3.63) is 0 Å². The Balaban J connectivity index is 1.97. The van der Waals surface area contributed by atoms with E-state index in [4.69, 9.17) is 4.43 Å². The molecule has 2 saturated carbocycles. The van der Waals surface area contributed by atoms with Crippen molar-refractivity contribution in [1.29, 1.82) is 0 Å². The Bertz CT molecular complexity index is 362. The number of ketones is 1. The molecule has 104 valence electrons. The van der Waals surface area contributed by atoms with E-state index in [9.17, 15) is 4.79 Å². The van der Waals surface area contributed by atoms with Crippen LogP contribution in [0.2, 0.25) is 18.1 Å². The van der Waals surface area contributed by atoms with E-state index < -0.39 is 8.32 Å².